The zero-order chi connectivity index (χ0) is 20.3. The number of nitrogens with zero attached hydrogens (tertiary/aromatic N) is 2. The molecule has 0 radical (unpaired) electrons. The SMILES string of the molecule is COc1ccc(CC(=O)N=c2sc3cc(C)c(C)cc3n2CCSC)cc1C. The molecule has 3 aromatic rings. The number of ether oxygens (including phenoxy) is 1. The van der Waals surface area contributed by atoms with E-state index in [2.05, 4.69) is 41.8 Å². The van der Waals surface area contributed by atoms with E-state index in [0.717, 1.165) is 39.5 Å². The summed E-state index contributed by atoms with van der Waals surface area (Å²) in [6.07, 6.45) is 2.39. The molecule has 0 aliphatic heterocycles. The molecule has 3 rings (SSSR count). The van der Waals surface area contributed by atoms with Crippen molar-refractivity contribution in [1.82, 2.24) is 4.57 Å². The van der Waals surface area contributed by atoms with E-state index < -0.39 is 0 Å². The number of amides is 1. The van der Waals surface area contributed by atoms with Gasteiger partial charge in [-0.3, -0.25) is 4.79 Å². The normalized spacial score (nSPS) is 12.0. The summed E-state index contributed by atoms with van der Waals surface area (Å²) in [5, 5.41) is 0. The molecule has 0 aliphatic rings. The lowest BCUT2D eigenvalue weighted by atomic mass is 10.1. The number of methoxy groups -OCH3 is 1. The molecular weight excluding hydrogens is 388 g/mol. The smallest absolute Gasteiger partial charge is 0.252 e. The van der Waals surface area contributed by atoms with Gasteiger partial charge in [-0.15, -0.1) is 0 Å². The molecule has 0 N–H and O–H groups in total. The lowest BCUT2D eigenvalue weighted by molar-refractivity contribution is -0.117. The van der Waals surface area contributed by atoms with Crippen LogP contribution >= 0.6 is 23.1 Å². The Morgan fingerprint density at radius 1 is 1.14 bits per heavy atom. The van der Waals surface area contributed by atoms with Gasteiger partial charge < -0.3 is 9.30 Å². The van der Waals surface area contributed by atoms with Crippen molar-refractivity contribution in [2.75, 3.05) is 19.1 Å². The first-order valence-electron chi connectivity index (χ1n) is 9.23. The first-order valence-corrected chi connectivity index (χ1v) is 11.4. The van der Waals surface area contributed by atoms with Crippen molar-refractivity contribution in [2.24, 2.45) is 4.99 Å². The van der Waals surface area contributed by atoms with Gasteiger partial charge in [0.1, 0.15) is 5.75 Å². The molecule has 6 heteroatoms. The Morgan fingerprint density at radius 3 is 2.57 bits per heavy atom. The minimum absolute atomic E-state index is 0.123. The Kier molecular flexibility index (Phi) is 6.62. The average Bonchev–Trinajstić information content (AvgIpc) is 2.96. The summed E-state index contributed by atoms with van der Waals surface area (Å²) in [6, 6.07) is 10.2. The molecule has 0 atom stereocenters. The topological polar surface area (TPSA) is 43.6 Å². The van der Waals surface area contributed by atoms with Gasteiger partial charge in [0.2, 0.25) is 0 Å². The highest BCUT2D eigenvalue weighted by molar-refractivity contribution is 7.98. The Hall–Kier alpha value is -2.05. The summed E-state index contributed by atoms with van der Waals surface area (Å²) in [5.41, 5.74) is 5.66. The second-order valence-electron chi connectivity index (χ2n) is 6.92. The average molecular weight is 415 g/mol. The molecule has 4 nitrogen and oxygen atoms in total. The number of benzene rings is 2. The molecule has 148 valence electrons. The van der Waals surface area contributed by atoms with Crippen molar-refractivity contribution < 1.29 is 9.53 Å². The van der Waals surface area contributed by atoms with Gasteiger partial charge in [0.25, 0.3) is 5.91 Å². The van der Waals surface area contributed by atoms with Gasteiger partial charge >= 0.3 is 0 Å². The van der Waals surface area contributed by atoms with Crippen LogP contribution in [0.1, 0.15) is 22.3 Å². The molecule has 1 aromatic heterocycles. The van der Waals surface area contributed by atoms with Crippen LogP contribution in [0.25, 0.3) is 10.2 Å². The van der Waals surface area contributed by atoms with Crippen LogP contribution in [-0.4, -0.2) is 29.6 Å². The highest BCUT2D eigenvalue weighted by atomic mass is 32.2. The Bertz CT molecular complexity index is 1080. The van der Waals surface area contributed by atoms with Gasteiger partial charge in [-0.25, -0.2) is 0 Å². The van der Waals surface area contributed by atoms with Gasteiger partial charge in [0, 0.05) is 12.3 Å². The van der Waals surface area contributed by atoms with Gasteiger partial charge in [-0.2, -0.15) is 16.8 Å². The predicted octanol–water partition coefficient (Wildman–Crippen LogP) is 4.67. The fourth-order valence-corrected chi connectivity index (χ4v) is 4.70. The highest BCUT2D eigenvalue weighted by Crippen LogP contribution is 2.23. The predicted molar refractivity (Wildman–Crippen MR) is 120 cm³/mol. The van der Waals surface area contributed by atoms with E-state index in [4.69, 9.17) is 4.74 Å². The minimum atomic E-state index is -0.123. The Morgan fingerprint density at radius 2 is 1.89 bits per heavy atom. The van der Waals surface area contributed by atoms with Gasteiger partial charge in [0.15, 0.2) is 4.80 Å². The molecule has 1 amide bonds. The molecule has 28 heavy (non-hydrogen) atoms. The number of fused-ring (bicyclic) bond motifs is 1. The van der Waals surface area contributed by atoms with Crippen molar-refractivity contribution in [2.45, 2.75) is 33.7 Å². The molecule has 0 unspecified atom stereocenters. The summed E-state index contributed by atoms with van der Waals surface area (Å²) in [5.74, 6) is 1.69. The number of carbonyl (C=O) groups is 1. The van der Waals surface area contributed by atoms with Crippen LogP contribution in [0.2, 0.25) is 0 Å². The van der Waals surface area contributed by atoms with E-state index in [1.165, 1.54) is 15.8 Å². The quantitative estimate of drug-likeness (QED) is 0.589. The molecule has 0 fully saturated rings. The van der Waals surface area contributed by atoms with Gasteiger partial charge in [-0.1, -0.05) is 23.5 Å². The summed E-state index contributed by atoms with van der Waals surface area (Å²) < 4.78 is 8.65. The number of hydrogen-bond acceptors (Lipinski definition) is 4. The molecule has 0 saturated heterocycles. The number of thioether (sulfide) groups is 1. The van der Waals surface area contributed by atoms with Crippen LogP contribution < -0.4 is 9.54 Å². The van der Waals surface area contributed by atoms with E-state index in [1.807, 2.05) is 25.1 Å². The third-order valence-electron chi connectivity index (χ3n) is 4.85. The van der Waals surface area contributed by atoms with Crippen molar-refractivity contribution >= 4 is 39.2 Å². The first kappa shape index (κ1) is 20.7. The zero-order valence-electron chi connectivity index (χ0n) is 17.0. The monoisotopic (exact) mass is 414 g/mol. The largest absolute Gasteiger partial charge is 0.496 e. The second-order valence-corrected chi connectivity index (χ2v) is 8.91. The summed E-state index contributed by atoms with van der Waals surface area (Å²) in [6.45, 7) is 7.07. The molecule has 0 spiro atoms. The van der Waals surface area contributed by atoms with Crippen molar-refractivity contribution in [3.8, 4) is 5.75 Å². The van der Waals surface area contributed by atoms with Gasteiger partial charge in [-0.05, 0) is 67.5 Å². The number of carbonyl (C=O) groups excluding carboxylic acids is 1. The summed E-state index contributed by atoms with van der Waals surface area (Å²) >= 11 is 3.39. The van der Waals surface area contributed by atoms with Crippen LogP contribution in [0.3, 0.4) is 0 Å². The van der Waals surface area contributed by atoms with Crippen LogP contribution in [-0.2, 0) is 17.8 Å². The maximum absolute atomic E-state index is 12.7. The van der Waals surface area contributed by atoms with Crippen molar-refractivity contribution in [3.05, 3.63) is 57.4 Å². The van der Waals surface area contributed by atoms with E-state index >= 15 is 0 Å². The number of aromatic nitrogens is 1. The summed E-state index contributed by atoms with van der Waals surface area (Å²) in [7, 11) is 1.65. The Labute approximate surface area is 174 Å². The fourth-order valence-electron chi connectivity index (χ4n) is 3.18. The second kappa shape index (κ2) is 8.97. The third-order valence-corrected chi connectivity index (χ3v) is 6.48. The lowest BCUT2D eigenvalue weighted by Crippen LogP contribution is -2.18. The number of rotatable bonds is 6. The first-order chi connectivity index (χ1) is 13.4. The molecule has 0 saturated carbocycles. The summed E-state index contributed by atoms with van der Waals surface area (Å²) in [4.78, 5) is 17.9. The lowest BCUT2D eigenvalue weighted by Gasteiger charge is -2.07. The van der Waals surface area contributed by atoms with E-state index in [9.17, 15) is 4.79 Å². The minimum Gasteiger partial charge on any atom is -0.496 e. The van der Waals surface area contributed by atoms with E-state index in [-0.39, 0.29) is 5.91 Å². The van der Waals surface area contributed by atoms with Crippen molar-refractivity contribution in [1.29, 1.82) is 0 Å². The number of hydrogen-bond donors (Lipinski definition) is 0. The molecular formula is C22H26N2O2S2. The van der Waals surface area contributed by atoms with Gasteiger partial charge in [0.05, 0.1) is 23.7 Å². The van der Waals surface area contributed by atoms with Crippen LogP contribution in [0.15, 0.2) is 35.3 Å². The maximum atomic E-state index is 12.7. The zero-order valence-corrected chi connectivity index (χ0v) is 18.7. The maximum Gasteiger partial charge on any atom is 0.252 e. The van der Waals surface area contributed by atoms with Crippen LogP contribution in [0.5, 0.6) is 5.75 Å². The molecule has 0 bridgehead atoms. The van der Waals surface area contributed by atoms with Crippen LogP contribution in [0.4, 0.5) is 0 Å². The molecule has 2 aromatic carbocycles. The highest BCUT2D eigenvalue weighted by Gasteiger charge is 2.11. The standard InChI is InChI=1S/C22H26N2O2S2/c1-14-11-18-20(12-15(14)2)28-22(24(18)8-9-27-5)23-21(25)13-17-6-7-19(26-4)16(3)10-17/h6-7,10-12H,8-9,13H2,1-5H3. The number of aryl methyl sites for hydroxylation is 4. The Balaban J connectivity index is 1.97. The van der Waals surface area contributed by atoms with E-state index in [0.29, 0.717) is 6.42 Å². The van der Waals surface area contributed by atoms with Crippen molar-refractivity contribution in [3.63, 3.8) is 0 Å². The van der Waals surface area contributed by atoms with Crippen LogP contribution in [0, 0.1) is 20.8 Å². The number of thiazole rings is 1. The van der Waals surface area contributed by atoms with E-state index in [1.54, 1.807) is 30.2 Å². The molecule has 1 heterocycles. The third kappa shape index (κ3) is 4.50. The molecule has 0 aliphatic carbocycles. The fraction of sp³-hybridized carbons (Fsp3) is 0.364.